The van der Waals surface area contributed by atoms with Crippen molar-refractivity contribution < 1.29 is 14.3 Å². The van der Waals surface area contributed by atoms with Crippen LogP contribution < -0.4 is 4.90 Å². The maximum absolute atomic E-state index is 12.8. The van der Waals surface area contributed by atoms with Gasteiger partial charge in [-0.15, -0.1) is 0 Å². The first-order chi connectivity index (χ1) is 15.0. The minimum Gasteiger partial charge on any atom is -0.452 e. The normalized spacial score (nSPS) is 14.2. The van der Waals surface area contributed by atoms with Gasteiger partial charge < -0.3 is 14.5 Å². The smallest absolute Gasteiger partial charge is 0.339 e. The number of ether oxygens (including phenoxy) is 1. The highest BCUT2D eigenvalue weighted by Crippen LogP contribution is 2.23. The molecule has 160 valence electrons. The summed E-state index contributed by atoms with van der Waals surface area (Å²) in [4.78, 5) is 38.3. The van der Waals surface area contributed by atoms with Crippen LogP contribution in [0.4, 0.5) is 5.82 Å². The largest absolute Gasteiger partial charge is 0.452 e. The third kappa shape index (κ3) is 4.66. The van der Waals surface area contributed by atoms with Crippen molar-refractivity contribution in [2.45, 2.75) is 19.8 Å². The minimum absolute atomic E-state index is 0.174. The Morgan fingerprint density at radius 2 is 1.77 bits per heavy atom. The van der Waals surface area contributed by atoms with Crippen molar-refractivity contribution in [1.29, 1.82) is 0 Å². The lowest BCUT2D eigenvalue weighted by Crippen LogP contribution is -2.50. The average Bonchev–Trinajstić information content (AvgIpc) is 2.82. The summed E-state index contributed by atoms with van der Waals surface area (Å²) in [5.74, 6) is 0.400. The van der Waals surface area contributed by atoms with Crippen molar-refractivity contribution in [3.63, 3.8) is 0 Å². The monoisotopic (exact) mass is 418 g/mol. The quantitative estimate of drug-likeness (QED) is 0.592. The Labute approximate surface area is 181 Å². The summed E-state index contributed by atoms with van der Waals surface area (Å²) in [5, 5.41) is 0.730. The van der Waals surface area contributed by atoms with Gasteiger partial charge in [0.25, 0.3) is 5.91 Å². The number of nitrogens with zero attached hydrogens (tertiary/aromatic N) is 4. The number of fused-ring (bicyclic) bond motifs is 1. The Bertz CT molecular complexity index is 1080. The fourth-order valence-electron chi connectivity index (χ4n) is 3.68. The summed E-state index contributed by atoms with van der Waals surface area (Å²) in [6, 6.07) is 15.0. The molecule has 0 bridgehead atoms. The molecule has 0 unspecified atom stereocenters. The van der Waals surface area contributed by atoms with E-state index in [4.69, 9.17) is 4.74 Å². The molecule has 7 nitrogen and oxygen atoms in total. The van der Waals surface area contributed by atoms with E-state index in [2.05, 4.69) is 14.9 Å². The van der Waals surface area contributed by atoms with Gasteiger partial charge in [-0.1, -0.05) is 38.1 Å². The first-order valence-corrected chi connectivity index (χ1v) is 10.5. The van der Waals surface area contributed by atoms with Crippen LogP contribution in [0.5, 0.6) is 0 Å². The molecule has 1 aliphatic heterocycles. The Morgan fingerprint density at radius 3 is 2.48 bits per heavy atom. The number of rotatable bonds is 5. The number of pyridine rings is 2. The number of hydrogen-bond donors (Lipinski definition) is 0. The van der Waals surface area contributed by atoms with E-state index in [0.717, 1.165) is 22.4 Å². The summed E-state index contributed by atoms with van der Waals surface area (Å²) in [6.07, 6.45) is 1.76. The molecule has 7 heteroatoms. The third-order valence-electron chi connectivity index (χ3n) is 5.48. The van der Waals surface area contributed by atoms with Gasteiger partial charge in [0, 0.05) is 43.5 Å². The number of hydrogen-bond acceptors (Lipinski definition) is 6. The predicted molar refractivity (Wildman–Crippen MR) is 119 cm³/mol. The van der Waals surface area contributed by atoms with Gasteiger partial charge in [0.2, 0.25) is 0 Å². The van der Waals surface area contributed by atoms with Gasteiger partial charge >= 0.3 is 5.97 Å². The second-order valence-corrected chi connectivity index (χ2v) is 7.90. The van der Waals surface area contributed by atoms with Crippen LogP contribution in [0.3, 0.4) is 0 Å². The second kappa shape index (κ2) is 9.12. The van der Waals surface area contributed by atoms with E-state index in [0.29, 0.717) is 31.7 Å². The van der Waals surface area contributed by atoms with E-state index in [1.165, 1.54) is 0 Å². The van der Waals surface area contributed by atoms with Crippen molar-refractivity contribution in [3.8, 4) is 0 Å². The Hall–Kier alpha value is -3.48. The number of amides is 1. The number of carbonyl (C=O) groups excluding carboxylic acids is 2. The molecule has 3 heterocycles. The number of carbonyl (C=O) groups is 2. The number of benzene rings is 1. The van der Waals surface area contributed by atoms with E-state index >= 15 is 0 Å². The highest BCUT2D eigenvalue weighted by atomic mass is 16.5. The van der Waals surface area contributed by atoms with Crippen LogP contribution in [0.2, 0.25) is 0 Å². The molecular formula is C24H26N4O3. The van der Waals surface area contributed by atoms with Gasteiger partial charge in [-0.25, -0.2) is 9.78 Å². The molecule has 3 aromatic rings. The summed E-state index contributed by atoms with van der Waals surface area (Å²) >= 11 is 0. The van der Waals surface area contributed by atoms with E-state index in [1.807, 2.05) is 56.3 Å². The fraction of sp³-hybridized carbons (Fsp3) is 0.333. The molecule has 2 aromatic heterocycles. The molecule has 0 radical (unpaired) electrons. The molecule has 4 rings (SSSR count). The molecule has 0 aliphatic carbocycles. The summed E-state index contributed by atoms with van der Waals surface area (Å²) in [5.41, 5.74) is 2.02. The molecule has 31 heavy (non-hydrogen) atoms. The molecule has 1 aromatic carbocycles. The standard InChI is InChI=1S/C24H26N4O3/c1-17(2)21-15-19(18-7-3-4-8-20(18)26-21)24(30)31-16-23(29)28-13-11-27(12-14-28)22-9-5-6-10-25-22/h3-10,15,17H,11-14,16H2,1-2H3. The maximum atomic E-state index is 12.8. The number of anilines is 1. The van der Waals surface area contributed by atoms with Crippen molar-refractivity contribution in [2.24, 2.45) is 0 Å². The molecule has 1 aliphatic rings. The SMILES string of the molecule is CC(C)c1cc(C(=O)OCC(=O)N2CCN(c3ccccn3)CC2)c2ccccc2n1. The minimum atomic E-state index is -0.499. The van der Waals surface area contributed by atoms with Gasteiger partial charge in [0.1, 0.15) is 5.82 Å². The molecule has 0 saturated carbocycles. The Kier molecular flexibility index (Phi) is 6.11. The molecule has 1 fully saturated rings. The van der Waals surface area contributed by atoms with E-state index in [1.54, 1.807) is 17.2 Å². The zero-order valence-corrected chi connectivity index (χ0v) is 17.8. The van der Waals surface area contributed by atoms with E-state index in [9.17, 15) is 9.59 Å². The molecule has 0 N–H and O–H groups in total. The third-order valence-corrected chi connectivity index (χ3v) is 5.48. The molecule has 0 atom stereocenters. The average molecular weight is 418 g/mol. The van der Waals surface area contributed by atoms with Crippen molar-refractivity contribution in [1.82, 2.24) is 14.9 Å². The van der Waals surface area contributed by atoms with Crippen LogP contribution >= 0.6 is 0 Å². The molecule has 1 amide bonds. The van der Waals surface area contributed by atoms with Crippen molar-refractivity contribution in [3.05, 3.63) is 66.0 Å². The van der Waals surface area contributed by atoms with E-state index in [-0.39, 0.29) is 18.4 Å². The van der Waals surface area contributed by atoms with Crippen LogP contribution in [0.15, 0.2) is 54.7 Å². The fourth-order valence-corrected chi connectivity index (χ4v) is 3.68. The number of aromatic nitrogens is 2. The zero-order chi connectivity index (χ0) is 21.8. The first-order valence-electron chi connectivity index (χ1n) is 10.5. The molecule has 1 saturated heterocycles. The summed E-state index contributed by atoms with van der Waals surface area (Å²) in [6.45, 7) is 6.33. The Morgan fingerprint density at radius 1 is 1.03 bits per heavy atom. The van der Waals surface area contributed by atoms with Gasteiger partial charge in [-0.2, -0.15) is 0 Å². The lowest BCUT2D eigenvalue weighted by molar-refractivity contribution is -0.134. The Balaban J connectivity index is 1.39. The summed E-state index contributed by atoms with van der Waals surface area (Å²) < 4.78 is 5.41. The number of para-hydroxylation sites is 1. The molecular weight excluding hydrogens is 392 g/mol. The highest BCUT2D eigenvalue weighted by Gasteiger charge is 2.23. The maximum Gasteiger partial charge on any atom is 0.339 e. The van der Waals surface area contributed by atoms with Crippen LogP contribution in [0.1, 0.15) is 35.8 Å². The van der Waals surface area contributed by atoms with Crippen molar-refractivity contribution in [2.75, 3.05) is 37.7 Å². The zero-order valence-electron chi connectivity index (χ0n) is 17.8. The number of piperazine rings is 1. The van der Waals surface area contributed by atoms with E-state index < -0.39 is 5.97 Å². The number of esters is 1. The van der Waals surface area contributed by atoms with Crippen LogP contribution in [0, 0.1) is 0 Å². The second-order valence-electron chi connectivity index (χ2n) is 7.90. The van der Waals surface area contributed by atoms with Gasteiger partial charge in [-0.05, 0) is 30.2 Å². The van der Waals surface area contributed by atoms with Gasteiger partial charge in [0.05, 0.1) is 11.1 Å². The topological polar surface area (TPSA) is 75.6 Å². The predicted octanol–water partition coefficient (Wildman–Crippen LogP) is 3.26. The lowest BCUT2D eigenvalue weighted by Gasteiger charge is -2.35. The van der Waals surface area contributed by atoms with Crippen LogP contribution in [-0.2, 0) is 9.53 Å². The summed E-state index contributed by atoms with van der Waals surface area (Å²) in [7, 11) is 0. The van der Waals surface area contributed by atoms with Gasteiger partial charge in [0.15, 0.2) is 6.61 Å². The van der Waals surface area contributed by atoms with Crippen LogP contribution in [0.25, 0.3) is 10.9 Å². The first kappa shape index (κ1) is 20.8. The highest BCUT2D eigenvalue weighted by molar-refractivity contribution is 6.04. The van der Waals surface area contributed by atoms with Crippen molar-refractivity contribution >= 4 is 28.6 Å². The van der Waals surface area contributed by atoms with Crippen LogP contribution in [-0.4, -0.2) is 59.5 Å². The molecule has 0 spiro atoms. The lowest BCUT2D eigenvalue weighted by atomic mass is 10.0. The van der Waals surface area contributed by atoms with Gasteiger partial charge in [-0.3, -0.25) is 9.78 Å².